The third-order valence-electron chi connectivity index (χ3n) is 2.57. The summed E-state index contributed by atoms with van der Waals surface area (Å²) in [6.07, 6.45) is 0. The van der Waals surface area contributed by atoms with E-state index < -0.39 is 37.8 Å². The maximum absolute atomic E-state index is 14.1. The zero-order valence-electron chi connectivity index (χ0n) is 10.6. The van der Waals surface area contributed by atoms with Crippen molar-refractivity contribution in [1.29, 1.82) is 0 Å². The Hall–Kier alpha value is -1.32. The van der Waals surface area contributed by atoms with E-state index in [0.717, 1.165) is 12.1 Å². The molecule has 0 unspecified atom stereocenters. The topological polar surface area (TPSA) is 84.3 Å². The van der Waals surface area contributed by atoms with Crippen molar-refractivity contribution < 1.29 is 22.7 Å². The van der Waals surface area contributed by atoms with Gasteiger partial charge >= 0.3 is 5.97 Å². The minimum absolute atomic E-state index is 0.175. The number of benzene rings is 1. The van der Waals surface area contributed by atoms with Crippen molar-refractivity contribution in [3.8, 4) is 0 Å². The fraction of sp³-hybridized carbons (Fsp3) is 0.167. The third kappa shape index (κ3) is 3.47. The van der Waals surface area contributed by atoms with Gasteiger partial charge in [0.1, 0.15) is 4.90 Å². The SMILES string of the molecule is Cc1nc(CS(=O)(=O)c2cc(Br)cc(C(=O)O)c2F)cs1. The highest BCUT2D eigenvalue weighted by atomic mass is 79.9. The summed E-state index contributed by atoms with van der Waals surface area (Å²) in [6, 6.07) is 2.07. The highest BCUT2D eigenvalue weighted by Gasteiger charge is 2.26. The molecule has 0 bridgehead atoms. The lowest BCUT2D eigenvalue weighted by Gasteiger charge is -2.07. The molecule has 1 N–H and O–H groups in total. The number of carboxylic acid groups (broad SMARTS) is 1. The Morgan fingerprint density at radius 3 is 2.67 bits per heavy atom. The molecule has 0 saturated carbocycles. The van der Waals surface area contributed by atoms with Gasteiger partial charge in [-0.25, -0.2) is 22.6 Å². The standard InChI is InChI=1S/C12H9BrFNO4S2/c1-6-15-8(4-20-6)5-21(18,19)10-3-7(13)2-9(11(10)14)12(16)17/h2-4H,5H2,1H3,(H,16,17). The number of rotatable bonds is 4. The first-order chi connectivity index (χ1) is 9.70. The van der Waals surface area contributed by atoms with Gasteiger partial charge in [0.2, 0.25) is 0 Å². The molecule has 0 spiro atoms. The Kier molecular flexibility index (Phi) is 4.45. The Labute approximate surface area is 132 Å². The summed E-state index contributed by atoms with van der Waals surface area (Å²) in [6.45, 7) is 1.73. The second kappa shape index (κ2) is 5.82. The number of thiazole rings is 1. The van der Waals surface area contributed by atoms with Crippen molar-refractivity contribution in [3.63, 3.8) is 0 Å². The summed E-state index contributed by atoms with van der Waals surface area (Å²) < 4.78 is 38.8. The molecule has 21 heavy (non-hydrogen) atoms. The van der Waals surface area contributed by atoms with Crippen molar-refractivity contribution in [2.45, 2.75) is 17.6 Å². The van der Waals surface area contributed by atoms with Gasteiger partial charge in [-0.05, 0) is 19.1 Å². The van der Waals surface area contributed by atoms with Crippen molar-refractivity contribution in [1.82, 2.24) is 4.98 Å². The van der Waals surface area contributed by atoms with Crippen LogP contribution in [0, 0.1) is 12.7 Å². The van der Waals surface area contributed by atoms with Gasteiger partial charge in [0.15, 0.2) is 15.7 Å². The molecule has 1 aromatic heterocycles. The highest BCUT2D eigenvalue weighted by Crippen LogP contribution is 2.27. The van der Waals surface area contributed by atoms with E-state index in [2.05, 4.69) is 20.9 Å². The number of carbonyl (C=O) groups is 1. The van der Waals surface area contributed by atoms with E-state index >= 15 is 0 Å². The fourth-order valence-corrected chi connectivity index (χ4v) is 4.40. The van der Waals surface area contributed by atoms with Crippen LogP contribution in [0.1, 0.15) is 21.1 Å². The first-order valence-corrected chi connectivity index (χ1v) is 8.89. The maximum atomic E-state index is 14.1. The van der Waals surface area contributed by atoms with Crippen LogP contribution in [0.4, 0.5) is 4.39 Å². The molecular formula is C12H9BrFNO4S2. The summed E-state index contributed by atoms with van der Waals surface area (Å²) in [5.74, 6) is -3.28. The highest BCUT2D eigenvalue weighted by molar-refractivity contribution is 9.10. The summed E-state index contributed by atoms with van der Waals surface area (Å²) in [5.41, 5.74) is -0.397. The Morgan fingerprint density at radius 1 is 1.48 bits per heavy atom. The number of halogens is 2. The van der Waals surface area contributed by atoms with Gasteiger partial charge in [-0.1, -0.05) is 15.9 Å². The van der Waals surface area contributed by atoms with Crippen LogP contribution in [0.25, 0.3) is 0 Å². The van der Waals surface area contributed by atoms with E-state index in [0.29, 0.717) is 10.7 Å². The Bertz CT molecular complexity index is 817. The molecule has 0 fully saturated rings. The maximum Gasteiger partial charge on any atom is 0.338 e. The van der Waals surface area contributed by atoms with Gasteiger partial charge in [0.25, 0.3) is 0 Å². The monoisotopic (exact) mass is 393 g/mol. The number of carboxylic acids is 1. The van der Waals surface area contributed by atoms with Crippen LogP contribution >= 0.6 is 27.3 Å². The molecule has 2 rings (SSSR count). The molecule has 5 nitrogen and oxygen atoms in total. The van der Waals surface area contributed by atoms with Crippen LogP contribution in [0.2, 0.25) is 0 Å². The van der Waals surface area contributed by atoms with Crippen LogP contribution in [0.5, 0.6) is 0 Å². The van der Waals surface area contributed by atoms with E-state index in [1.807, 2.05) is 0 Å². The van der Waals surface area contributed by atoms with Crippen LogP contribution in [-0.2, 0) is 15.6 Å². The van der Waals surface area contributed by atoms with Gasteiger partial charge in [0, 0.05) is 9.85 Å². The van der Waals surface area contributed by atoms with Gasteiger partial charge in [-0.2, -0.15) is 0 Å². The molecule has 9 heteroatoms. The lowest BCUT2D eigenvalue weighted by Crippen LogP contribution is -2.11. The first kappa shape index (κ1) is 16.1. The fourth-order valence-electron chi connectivity index (χ4n) is 1.69. The average molecular weight is 394 g/mol. The van der Waals surface area contributed by atoms with E-state index in [1.165, 1.54) is 11.3 Å². The lowest BCUT2D eigenvalue weighted by atomic mass is 10.2. The van der Waals surface area contributed by atoms with Crippen LogP contribution in [0.3, 0.4) is 0 Å². The molecule has 0 amide bonds. The van der Waals surface area contributed by atoms with Crippen molar-refractivity contribution in [3.05, 3.63) is 44.1 Å². The molecule has 112 valence electrons. The smallest absolute Gasteiger partial charge is 0.338 e. The van der Waals surface area contributed by atoms with Gasteiger partial charge in [0.05, 0.1) is 22.0 Å². The van der Waals surface area contributed by atoms with Crippen molar-refractivity contribution in [2.24, 2.45) is 0 Å². The summed E-state index contributed by atoms with van der Waals surface area (Å²) >= 11 is 4.27. The molecule has 0 radical (unpaired) electrons. The number of aryl methyl sites for hydroxylation is 1. The van der Waals surface area contributed by atoms with E-state index in [9.17, 15) is 17.6 Å². The molecule has 0 aliphatic rings. The second-order valence-corrected chi connectivity index (χ2v) is 8.12. The summed E-state index contributed by atoms with van der Waals surface area (Å²) in [5, 5.41) is 11.2. The first-order valence-electron chi connectivity index (χ1n) is 5.57. The molecule has 1 aromatic carbocycles. The Balaban J connectivity index is 2.52. The molecule has 2 aromatic rings. The van der Waals surface area contributed by atoms with Crippen LogP contribution < -0.4 is 0 Å². The van der Waals surface area contributed by atoms with Gasteiger partial charge in [-0.3, -0.25) is 0 Å². The minimum atomic E-state index is -4.03. The number of hydrogen-bond acceptors (Lipinski definition) is 5. The van der Waals surface area contributed by atoms with Crippen molar-refractivity contribution >= 4 is 43.1 Å². The lowest BCUT2D eigenvalue weighted by molar-refractivity contribution is 0.0691. The predicted molar refractivity (Wildman–Crippen MR) is 78.8 cm³/mol. The summed E-state index contributed by atoms with van der Waals surface area (Å²) in [7, 11) is -4.03. The zero-order chi connectivity index (χ0) is 15.8. The van der Waals surface area contributed by atoms with E-state index in [-0.39, 0.29) is 4.47 Å². The number of sulfone groups is 1. The van der Waals surface area contributed by atoms with E-state index in [1.54, 1.807) is 12.3 Å². The second-order valence-electron chi connectivity index (χ2n) is 4.19. The van der Waals surface area contributed by atoms with Crippen LogP contribution in [-0.4, -0.2) is 24.5 Å². The Morgan fingerprint density at radius 2 is 2.14 bits per heavy atom. The number of hydrogen-bond donors (Lipinski definition) is 1. The normalized spacial score (nSPS) is 11.6. The van der Waals surface area contributed by atoms with Gasteiger partial charge in [-0.15, -0.1) is 11.3 Å². The van der Waals surface area contributed by atoms with Crippen LogP contribution in [0.15, 0.2) is 26.9 Å². The predicted octanol–water partition coefficient (Wildman–Crippen LogP) is 3.03. The zero-order valence-corrected chi connectivity index (χ0v) is 13.8. The molecule has 0 aliphatic carbocycles. The largest absolute Gasteiger partial charge is 0.478 e. The minimum Gasteiger partial charge on any atom is -0.478 e. The molecule has 0 saturated heterocycles. The quantitative estimate of drug-likeness (QED) is 0.862. The average Bonchev–Trinajstić information content (AvgIpc) is 2.76. The third-order valence-corrected chi connectivity index (χ3v) is 5.50. The van der Waals surface area contributed by atoms with Gasteiger partial charge < -0.3 is 5.11 Å². The summed E-state index contributed by atoms with van der Waals surface area (Å²) in [4.78, 5) is 14.3. The molecule has 0 aliphatic heterocycles. The molecule has 0 atom stereocenters. The molecule has 1 heterocycles. The number of aromatic carboxylic acids is 1. The van der Waals surface area contributed by atoms with E-state index in [4.69, 9.17) is 5.11 Å². The number of aromatic nitrogens is 1. The molecular weight excluding hydrogens is 385 g/mol. The van der Waals surface area contributed by atoms with Crippen molar-refractivity contribution in [2.75, 3.05) is 0 Å². The number of nitrogens with zero attached hydrogens (tertiary/aromatic N) is 1.